The zero-order chi connectivity index (χ0) is 22.8. The highest BCUT2D eigenvalue weighted by atomic mass is 35.5. The highest BCUT2D eigenvalue weighted by Crippen LogP contribution is 2.35. The van der Waals surface area contributed by atoms with Crippen LogP contribution in [0.1, 0.15) is 36.0 Å². The Morgan fingerprint density at radius 3 is 2.38 bits per heavy atom. The van der Waals surface area contributed by atoms with Gasteiger partial charge in [-0.05, 0) is 42.5 Å². The maximum Gasteiger partial charge on any atom is 0.261 e. The van der Waals surface area contributed by atoms with Crippen molar-refractivity contribution in [1.82, 2.24) is 4.90 Å². The van der Waals surface area contributed by atoms with E-state index in [1.807, 2.05) is 0 Å². The summed E-state index contributed by atoms with van der Waals surface area (Å²) in [7, 11) is 0. The van der Waals surface area contributed by atoms with Crippen molar-refractivity contribution in [3.63, 3.8) is 0 Å². The predicted molar refractivity (Wildman–Crippen MR) is 114 cm³/mol. The van der Waals surface area contributed by atoms with Gasteiger partial charge in [-0.25, -0.2) is 4.39 Å². The number of piperidine rings is 2. The number of amides is 2. The second-order valence-corrected chi connectivity index (χ2v) is 8.45. The lowest BCUT2D eigenvalue weighted by atomic mass is 9.82. The van der Waals surface area contributed by atoms with Crippen LogP contribution >= 0.6 is 11.6 Å². The minimum atomic E-state index is -0.712. The molecule has 7 nitrogen and oxygen atoms in total. The lowest BCUT2D eigenvalue weighted by molar-refractivity contribution is -0.149. The average molecular weight is 461 g/mol. The predicted octanol–water partition coefficient (Wildman–Crippen LogP) is 3.13. The van der Waals surface area contributed by atoms with Crippen molar-refractivity contribution in [2.24, 2.45) is 5.73 Å². The van der Waals surface area contributed by atoms with E-state index in [1.54, 1.807) is 23.1 Å². The van der Waals surface area contributed by atoms with Crippen LogP contribution in [0.4, 0.5) is 4.39 Å². The fraction of sp³-hybridized carbons (Fsp3) is 0.348. The Bertz CT molecular complexity index is 1030. The number of halogens is 2. The van der Waals surface area contributed by atoms with Gasteiger partial charge in [0, 0.05) is 42.8 Å². The highest BCUT2D eigenvalue weighted by molar-refractivity contribution is 6.31. The number of ketones is 1. The molecule has 2 saturated heterocycles. The van der Waals surface area contributed by atoms with Crippen LogP contribution in [0.25, 0.3) is 0 Å². The molecule has 0 spiro atoms. The first-order valence-electron chi connectivity index (χ1n) is 10.3. The first-order chi connectivity index (χ1) is 15.3. The van der Waals surface area contributed by atoms with Crippen molar-refractivity contribution in [2.75, 3.05) is 6.61 Å². The van der Waals surface area contributed by atoms with Crippen LogP contribution in [-0.2, 0) is 9.59 Å². The lowest BCUT2D eigenvalue weighted by Crippen LogP contribution is -2.59. The first kappa shape index (κ1) is 22.1. The molecule has 2 amide bonds. The SMILES string of the molecule is NC(=O)c1cc(Cl)ccc1OCC(=O)N1C2CC(=O)CC1CC(Oc1ccc(F)cc1)C2. The van der Waals surface area contributed by atoms with Gasteiger partial charge >= 0.3 is 0 Å². The average Bonchev–Trinajstić information content (AvgIpc) is 2.73. The third-order valence-corrected chi connectivity index (χ3v) is 5.98. The zero-order valence-electron chi connectivity index (χ0n) is 17.1. The van der Waals surface area contributed by atoms with Gasteiger partial charge in [-0.15, -0.1) is 0 Å². The quantitative estimate of drug-likeness (QED) is 0.714. The molecule has 0 aliphatic carbocycles. The van der Waals surface area contributed by atoms with Gasteiger partial charge in [0.05, 0.1) is 5.56 Å². The fourth-order valence-electron chi connectivity index (χ4n) is 4.44. The molecule has 0 radical (unpaired) electrons. The minimum absolute atomic E-state index is 0.0899. The number of fused-ring (bicyclic) bond motifs is 2. The van der Waals surface area contributed by atoms with E-state index in [2.05, 4.69) is 0 Å². The minimum Gasteiger partial charge on any atom is -0.490 e. The Hall–Kier alpha value is -3.13. The van der Waals surface area contributed by atoms with Crippen molar-refractivity contribution in [3.05, 3.63) is 58.9 Å². The van der Waals surface area contributed by atoms with Crippen LogP contribution in [0.3, 0.4) is 0 Å². The lowest BCUT2D eigenvalue weighted by Gasteiger charge is -2.47. The molecule has 2 atom stereocenters. The van der Waals surface area contributed by atoms with Crippen molar-refractivity contribution in [3.8, 4) is 11.5 Å². The Kier molecular flexibility index (Phi) is 6.32. The molecule has 2 aromatic carbocycles. The Balaban J connectivity index is 1.43. The number of rotatable bonds is 6. The molecule has 0 aromatic heterocycles. The van der Waals surface area contributed by atoms with Gasteiger partial charge in [-0.1, -0.05) is 11.6 Å². The van der Waals surface area contributed by atoms with Gasteiger partial charge in [0.2, 0.25) is 0 Å². The molecule has 168 valence electrons. The summed E-state index contributed by atoms with van der Waals surface area (Å²) in [4.78, 5) is 38.5. The van der Waals surface area contributed by atoms with E-state index in [4.69, 9.17) is 26.8 Å². The molecule has 0 saturated carbocycles. The molecule has 2 N–H and O–H groups in total. The maximum atomic E-state index is 13.1. The Morgan fingerprint density at radius 2 is 1.75 bits per heavy atom. The van der Waals surface area contributed by atoms with Gasteiger partial charge in [0.25, 0.3) is 11.8 Å². The van der Waals surface area contributed by atoms with Gasteiger partial charge < -0.3 is 20.1 Å². The molecule has 2 aliphatic heterocycles. The first-order valence-corrected chi connectivity index (χ1v) is 10.6. The number of hydrogen-bond acceptors (Lipinski definition) is 5. The van der Waals surface area contributed by atoms with Crippen LogP contribution in [-0.4, -0.2) is 47.3 Å². The number of carbonyl (C=O) groups excluding carboxylic acids is 3. The van der Waals surface area contributed by atoms with E-state index in [0.29, 0.717) is 23.6 Å². The molecule has 2 unspecified atom stereocenters. The fourth-order valence-corrected chi connectivity index (χ4v) is 4.62. The van der Waals surface area contributed by atoms with E-state index in [9.17, 15) is 18.8 Å². The van der Waals surface area contributed by atoms with E-state index < -0.39 is 5.91 Å². The van der Waals surface area contributed by atoms with Crippen molar-refractivity contribution in [2.45, 2.75) is 43.9 Å². The van der Waals surface area contributed by atoms with Gasteiger partial charge in [-0.3, -0.25) is 14.4 Å². The monoisotopic (exact) mass is 460 g/mol. The van der Waals surface area contributed by atoms with Crippen molar-refractivity contribution in [1.29, 1.82) is 0 Å². The molecular formula is C23H22ClFN2O5. The molecule has 2 aliphatic rings. The molecule has 32 heavy (non-hydrogen) atoms. The van der Waals surface area contributed by atoms with Crippen LogP contribution in [0, 0.1) is 5.82 Å². The van der Waals surface area contributed by atoms with E-state index in [1.165, 1.54) is 24.3 Å². The van der Waals surface area contributed by atoms with Gasteiger partial charge in [0.1, 0.15) is 29.2 Å². The number of Topliss-reactive ketones (excluding diaryl/α,β-unsaturated/α-hetero) is 1. The summed E-state index contributed by atoms with van der Waals surface area (Å²) in [6.07, 6.45) is 1.28. The summed E-state index contributed by atoms with van der Waals surface area (Å²) in [6.45, 7) is -0.299. The molecule has 2 aromatic rings. The second-order valence-electron chi connectivity index (χ2n) is 8.01. The van der Waals surface area contributed by atoms with Gasteiger partial charge in [0.15, 0.2) is 6.61 Å². The second kappa shape index (κ2) is 9.16. The van der Waals surface area contributed by atoms with Crippen molar-refractivity contribution < 1.29 is 28.2 Å². The Morgan fingerprint density at radius 1 is 1.09 bits per heavy atom. The van der Waals surface area contributed by atoms with E-state index in [0.717, 1.165) is 0 Å². The number of carbonyl (C=O) groups is 3. The summed E-state index contributed by atoms with van der Waals surface area (Å²) < 4.78 is 24.7. The zero-order valence-corrected chi connectivity index (χ0v) is 17.9. The largest absolute Gasteiger partial charge is 0.490 e. The summed E-state index contributed by atoms with van der Waals surface area (Å²) in [5.41, 5.74) is 5.45. The molecule has 2 bridgehead atoms. The van der Waals surface area contributed by atoms with E-state index in [-0.39, 0.29) is 66.5 Å². The maximum absolute atomic E-state index is 13.1. The normalized spacial score (nSPS) is 22.4. The Labute approximate surface area is 189 Å². The smallest absolute Gasteiger partial charge is 0.261 e. The number of primary amides is 1. The third-order valence-electron chi connectivity index (χ3n) is 5.75. The summed E-state index contributed by atoms with van der Waals surface area (Å²) >= 11 is 5.90. The topological polar surface area (TPSA) is 98.9 Å². The summed E-state index contributed by atoms with van der Waals surface area (Å²) in [5, 5.41) is 0.328. The number of nitrogens with zero attached hydrogens (tertiary/aromatic N) is 1. The summed E-state index contributed by atoms with van der Waals surface area (Å²) in [6, 6.07) is 9.57. The summed E-state index contributed by atoms with van der Waals surface area (Å²) in [5.74, 6) is -0.509. The van der Waals surface area contributed by atoms with Crippen LogP contribution in [0.15, 0.2) is 42.5 Å². The van der Waals surface area contributed by atoms with Crippen molar-refractivity contribution >= 4 is 29.2 Å². The standard InChI is InChI=1S/C23H22ClFN2O5/c24-13-1-6-21(20(7-13)23(26)30)31-12-22(29)27-15-8-17(28)9-16(27)11-19(10-15)32-18-4-2-14(25)3-5-18/h1-7,15-16,19H,8-12H2,(H2,26,30). The molecule has 4 rings (SSSR count). The highest BCUT2D eigenvalue weighted by Gasteiger charge is 2.44. The number of ether oxygens (including phenoxy) is 2. The van der Waals surface area contributed by atoms with Gasteiger partial charge in [-0.2, -0.15) is 0 Å². The molecule has 9 heteroatoms. The number of benzene rings is 2. The molecular weight excluding hydrogens is 439 g/mol. The number of nitrogens with two attached hydrogens (primary N) is 1. The third kappa shape index (κ3) is 4.85. The van der Waals surface area contributed by atoms with Crippen LogP contribution in [0.2, 0.25) is 5.02 Å². The van der Waals surface area contributed by atoms with Crippen LogP contribution in [0.5, 0.6) is 11.5 Å². The van der Waals surface area contributed by atoms with E-state index >= 15 is 0 Å². The number of hydrogen-bond donors (Lipinski definition) is 1. The molecule has 2 heterocycles. The molecule has 2 fully saturated rings. The van der Waals surface area contributed by atoms with Crippen LogP contribution < -0.4 is 15.2 Å².